The van der Waals surface area contributed by atoms with Gasteiger partial charge >= 0.3 is 0 Å². The van der Waals surface area contributed by atoms with Crippen molar-refractivity contribution >= 4 is 32.2 Å². The number of sulfone groups is 1. The van der Waals surface area contributed by atoms with Crippen molar-refractivity contribution in [3.8, 4) is 17.0 Å². The summed E-state index contributed by atoms with van der Waals surface area (Å²) in [6.07, 6.45) is 1.08. The van der Waals surface area contributed by atoms with Crippen LogP contribution in [-0.2, 0) is 9.84 Å². The molecule has 0 saturated carbocycles. The van der Waals surface area contributed by atoms with Crippen molar-refractivity contribution in [3.05, 3.63) is 58.7 Å². The van der Waals surface area contributed by atoms with Crippen molar-refractivity contribution < 1.29 is 22.3 Å². The Hall–Kier alpha value is -2.78. The van der Waals surface area contributed by atoms with E-state index in [4.69, 9.17) is 4.74 Å². The van der Waals surface area contributed by atoms with Gasteiger partial charge in [-0.15, -0.1) is 11.3 Å². The molecule has 28 heavy (non-hydrogen) atoms. The van der Waals surface area contributed by atoms with Crippen molar-refractivity contribution in [1.29, 1.82) is 0 Å². The van der Waals surface area contributed by atoms with Crippen molar-refractivity contribution in [2.24, 2.45) is 0 Å². The summed E-state index contributed by atoms with van der Waals surface area (Å²) in [7, 11) is -1.96. The maximum Gasteiger partial charge on any atom is 0.257 e. The van der Waals surface area contributed by atoms with Gasteiger partial charge in [0.25, 0.3) is 5.91 Å². The number of halogens is 1. The number of carbonyl (C=O) groups excluding carboxylic acids is 1. The predicted molar refractivity (Wildman–Crippen MR) is 106 cm³/mol. The van der Waals surface area contributed by atoms with Gasteiger partial charge in [-0.25, -0.2) is 17.8 Å². The summed E-state index contributed by atoms with van der Waals surface area (Å²) >= 11 is 1.17. The first-order valence-electron chi connectivity index (χ1n) is 8.10. The average molecular weight is 420 g/mol. The van der Waals surface area contributed by atoms with Gasteiger partial charge in [-0.05, 0) is 42.8 Å². The Morgan fingerprint density at radius 2 is 1.96 bits per heavy atom. The van der Waals surface area contributed by atoms with Gasteiger partial charge in [-0.2, -0.15) is 0 Å². The number of ether oxygens (including phenoxy) is 1. The molecule has 146 valence electrons. The lowest BCUT2D eigenvalue weighted by molar-refractivity contribution is 0.102. The number of hydrogen-bond donors (Lipinski definition) is 1. The number of aryl methyl sites for hydroxylation is 1. The molecule has 0 aliphatic heterocycles. The fraction of sp³-hybridized carbons (Fsp3) is 0.158. The second-order valence-corrected chi connectivity index (χ2v) is 8.96. The van der Waals surface area contributed by atoms with Crippen LogP contribution in [0.1, 0.15) is 15.9 Å². The third-order valence-electron chi connectivity index (χ3n) is 4.04. The molecular formula is C19H17FN2O4S2. The molecule has 0 spiro atoms. The second-order valence-electron chi connectivity index (χ2n) is 6.09. The van der Waals surface area contributed by atoms with Crippen LogP contribution in [0.5, 0.6) is 5.75 Å². The molecule has 3 rings (SSSR count). The maximum absolute atomic E-state index is 13.6. The number of carbonyl (C=O) groups is 1. The number of aromatic nitrogens is 1. The van der Waals surface area contributed by atoms with E-state index in [1.165, 1.54) is 48.8 Å². The van der Waals surface area contributed by atoms with Crippen LogP contribution in [0.2, 0.25) is 0 Å². The van der Waals surface area contributed by atoms with Gasteiger partial charge < -0.3 is 4.74 Å². The minimum Gasteiger partial charge on any atom is -0.496 e. The zero-order valence-electron chi connectivity index (χ0n) is 15.3. The van der Waals surface area contributed by atoms with Crippen molar-refractivity contribution in [1.82, 2.24) is 4.98 Å². The molecule has 0 aliphatic carbocycles. The number of nitrogens with one attached hydrogen (secondary N) is 1. The topological polar surface area (TPSA) is 85.4 Å². The number of benzene rings is 2. The van der Waals surface area contributed by atoms with E-state index < -0.39 is 21.6 Å². The number of hydrogen-bond acceptors (Lipinski definition) is 6. The number of anilines is 1. The minimum absolute atomic E-state index is 0.0626. The Bertz CT molecular complexity index is 1160. The maximum atomic E-state index is 13.6. The van der Waals surface area contributed by atoms with Crippen molar-refractivity contribution in [2.45, 2.75) is 11.8 Å². The zero-order valence-corrected chi connectivity index (χ0v) is 16.9. The zero-order chi connectivity index (χ0) is 20.5. The summed E-state index contributed by atoms with van der Waals surface area (Å²) in [5.74, 6) is -0.445. The summed E-state index contributed by atoms with van der Waals surface area (Å²) in [5, 5.41) is 4.63. The highest BCUT2D eigenvalue weighted by molar-refractivity contribution is 7.90. The van der Waals surface area contributed by atoms with Crippen LogP contribution >= 0.6 is 11.3 Å². The second kappa shape index (κ2) is 7.69. The molecule has 0 saturated heterocycles. The lowest BCUT2D eigenvalue weighted by atomic mass is 10.1. The van der Waals surface area contributed by atoms with E-state index in [2.05, 4.69) is 10.3 Å². The van der Waals surface area contributed by atoms with Crippen LogP contribution in [0, 0.1) is 12.7 Å². The molecule has 0 bridgehead atoms. The van der Waals surface area contributed by atoms with Crippen LogP contribution in [0.4, 0.5) is 9.52 Å². The third-order valence-corrected chi connectivity index (χ3v) is 5.91. The van der Waals surface area contributed by atoms with E-state index in [1.807, 2.05) is 0 Å². The van der Waals surface area contributed by atoms with Gasteiger partial charge in [0.15, 0.2) is 15.0 Å². The molecular weight excluding hydrogens is 403 g/mol. The number of amides is 1. The van der Waals surface area contributed by atoms with Crippen molar-refractivity contribution in [3.63, 3.8) is 0 Å². The summed E-state index contributed by atoms with van der Waals surface area (Å²) in [5.41, 5.74) is 1.80. The van der Waals surface area contributed by atoms with Gasteiger partial charge in [0.1, 0.15) is 11.6 Å². The highest BCUT2D eigenvalue weighted by Gasteiger charge is 2.17. The van der Waals surface area contributed by atoms with Crippen LogP contribution in [0.3, 0.4) is 0 Å². The van der Waals surface area contributed by atoms with E-state index in [0.29, 0.717) is 27.7 Å². The molecule has 3 aromatic rings. The molecule has 0 radical (unpaired) electrons. The number of rotatable bonds is 5. The Balaban J connectivity index is 1.89. The van der Waals surface area contributed by atoms with Crippen LogP contribution in [0.25, 0.3) is 11.3 Å². The largest absolute Gasteiger partial charge is 0.496 e. The Kier molecular flexibility index (Phi) is 5.48. The normalized spacial score (nSPS) is 11.3. The SMILES string of the molecule is COc1ccc(F)cc1-c1csc(NC(=O)c2cc(S(C)(=O)=O)ccc2C)n1. The first-order chi connectivity index (χ1) is 13.2. The first-order valence-corrected chi connectivity index (χ1v) is 10.9. The smallest absolute Gasteiger partial charge is 0.257 e. The van der Waals surface area contributed by atoms with E-state index in [0.717, 1.165) is 6.26 Å². The van der Waals surface area contributed by atoms with Crippen LogP contribution in [0.15, 0.2) is 46.7 Å². The van der Waals surface area contributed by atoms with Gasteiger partial charge in [-0.3, -0.25) is 10.1 Å². The van der Waals surface area contributed by atoms with Crippen LogP contribution in [-0.4, -0.2) is 32.7 Å². The summed E-state index contributed by atoms with van der Waals surface area (Å²) in [6, 6.07) is 8.47. The summed E-state index contributed by atoms with van der Waals surface area (Å²) < 4.78 is 42.3. The Morgan fingerprint density at radius 1 is 1.21 bits per heavy atom. The average Bonchev–Trinajstić information content (AvgIpc) is 3.09. The lowest BCUT2D eigenvalue weighted by Crippen LogP contribution is -2.14. The molecule has 1 amide bonds. The van der Waals surface area contributed by atoms with Crippen LogP contribution < -0.4 is 10.1 Å². The van der Waals surface area contributed by atoms with Gasteiger partial charge in [0, 0.05) is 22.8 Å². The monoisotopic (exact) mass is 420 g/mol. The lowest BCUT2D eigenvalue weighted by Gasteiger charge is -2.08. The molecule has 0 atom stereocenters. The standard InChI is InChI=1S/C19H17FN2O4S2/c1-11-4-6-13(28(3,24)25)9-14(11)18(23)22-19-21-16(10-27-19)15-8-12(20)5-7-17(15)26-2/h4-10H,1-3H3,(H,21,22,23). The molecule has 9 heteroatoms. The molecule has 6 nitrogen and oxygen atoms in total. The van der Waals surface area contributed by atoms with Gasteiger partial charge in [-0.1, -0.05) is 6.07 Å². The molecule has 0 unspecified atom stereocenters. The van der Waals surface area contributed by atoms with E-state index in [-0.39, 0.29) is 10.5 Å². The fourth-order valence-electron chi connectivity index (χ4n) is 2.58. The third kappa shape index (κ3) is 4.20. The first kappa shape index (κ1) is 20.0. The summed E-state index contributed by atoms with van der Waals surface area (Å²) in [6.45, 7) is 1.71. The fourth-order valence-corrected chi connectivity index (χ4v) is 3.93. The number of thiazole rings is 1. The Labute approximate surface area is 165 Å². The molecule has 1 heterocycles. The number of nitrogens with zero attached hydrogens (tertiary/aromatic N) is 1. The highest BCUT2D eigenvalue weighted by atomic mass is 32.2. The molecule has 1 aromatic heterocycles. The minimum atomic E-state index is -3.43. The highest BCUT2D eigenvalue weighted by Crippen LogP contribution is 2.33. The van der Waals surface area contributed by atoms with E-state index in [9.17, 15) is 17.6 Å². The molecule has 2 aromatic carbocycles. The van der Waals surface area contributed by atoms with E-state index in [1.54, 1.807) is 18.4 Å². The van der Waals surface area contributed by atoms with E-state index >= 15 is 0 Å². The molecule has 1 N–H and O–H groups in total. The summed E-state index contributed by atoms with van der Waals surface area (Å²) in [4.78, 5) is 17.0. The number of methoxy groups -OCH3 is 1. The van der Waals surface area contributed by atoms with Gasteiger partial charge in [0.2, 0.25) is 0 Å². The van der Waals surface area contributed by atoms with Gasteiger partial charge in [0.05, 0.1) is 17.7 Å². The Morgan fingerprint density at radius 3 is 2.64 bits per heavy atom. The molecule has 0 aliphatic rings. The molecule has 0 fully saturated rings. The predicted octanol–water partition coefficient (Wildman–Crippen LogP) is 3.92. The quantitative estimate of drug-likeness (QED) is 0.676. The van der Waals surface area contributed by atoms with Crippen molar-refractivity contribution in [2.75, 3.05) is 18.7 Å².